The third kappa shape index (κ3) is 6.57. The van der Waals surface area contributed by atoms with Crippen LogP contribution in [0.5, 0.6) is 5.75 Å². The van der Waals surface area contributed by atoms with Crippen molar-refractivity contribution in [1.82, 2.24) is 19.7 Å². The van der Waals surface area contributed by atoms with E-state index >= 15 is 0 Å². The number of nitriles is 1. The number of fused-ring (bicyclic) bond motifs is 1. The molecule has 0 radical (unpaired) electrons. The number of nitrogens with zero attached hydrogens (tertiary/aromatic N) is 4. The van der Waals surface area contributed by atoms with Crippen molar-refractivity contribution in [3.8, 4) is 11.8 Å². The molecule has 0 saturated carbocycles. The van der Waals surface area contributed by atoms with Crippen LogP contribution in [0.2, 0.25) is 0 Å². The van der Waals surface area contributed by atoms with Gasteiger partial charge < -0.3 is 29.9 Å². The Balaban J connectivity index is 1.55. The molecule has 1 aliphatic heterocycles. The number of anilines is 1. The molecule has 3 aromatic rings. The maximum absolute atomic E-state index is 14.0. The van der Waals surface area contributed by atoms with Crippen LogP contribution in [0, 0.1) is 17.2 Å². The van der Waals surface area contributed by atoms with Gasteiger partial charge in [0, 0.05) is 0 Å². The number of ether oxygens (including phenoxy) is 2. The van der Waals surface area contributed by atoms with Crippen LogP contribution >= 0.6 is 7.75 Å². The Morgan fingerprint density at radius 1 is 1.26 bits per heavy atom. The molecule has 226 valence electrons. The number of esters is 1. The van der Waals surface area contributed by atoms with E-state index in [1.807, 2.05) is 19.9 Å². The van der Waals surface area contributed by atoms with Gasteiger partial charge in [0.1, 0.15) is 54.6 Å². The van der Waals surface area contributed by atoms with Crippen LogP contribution in [-0.2, 0) is 23.4 Å². The van der Waals surface area contributed by atoms with Gasteiger partial charge in [0.05, 0.1) is 12.3 Å². The molecule has 1 fully saturated rings. The van der Waals surface area contributed by atoms with E-state index in [0.717, 1.165) is 12.8 Å². The van der Waals surface area contributed by atoms with E-state index in [1.165, 1.54) is 29.9 Å². The van der Waals surface area contributed by atoms with Crippen LogP contribution in [0.15, 0.2) is 48.8 Å². The summed E-state index contributed by atoms with van der Waals surface area (Å²) < 4.78 is 37.9. The molecule has 4 rings (SSSR count). The van der Waals surface area contributed by atoms with Crippen molar-refractivity contribution in [2.75, 3.05) is 18.9 Å². The number of aromatic nitrogens is 3. The Hall–Kier alpha value is -3.57. The van der Waals surface area contributed by atoms with Crippen LogP contribution in [-0.4, -0.2) is 67.8 Å². The van der Waals surface area contributed by atoms with Crippen LogP contribution in [0.25, 0.3) is 5.52 Å². The van der Waals surface area contributed by atoms with Gasteiger partial charge in [0.15, 0.2) is 5.82 Å². The highest BCUT2D eigenvalue weighted by Crippen LogP contribution is 2.48. The van der Waals surface area contributed by atoms with E-state index in [9.17, 15) is 24.8 Å². The third-order valence-corrected chi connectivity index (χ3v) is 8.80. The minimum Gasteiger partial charge on any atom is -0.464 e. The summed E-state index contributed by atoms with van der Waals surface area (Å²) in [5.41, 5.74) is 4.44. The molecule has 1 aromatic carbocycles. The second-order valence-corrected chi connectivity index (χ2v) is 11.7. The average molecular weight is 603 g/mol. The number of rotatable bonds is 13. The van der Waals surface area contributed by atoms with Gasteiger partial charge in [0.2, 0.25) is 5.60 Å². The second-order valence-electron chi connectivity index (χ2n) is 10.0. The van der Waals surface area contributed by atoms with Crippen molar-refractivity contribution < 1.29 is 38.1 Å². The van der Waals surface area contributed by atoms with Crippen LogP contribution < -0.4 is 15.3 Å². The fourth-order valence-corrected chi connectivity index (χ4v) is 6.03. The van der Waals surface area contributed by atoms with Crippen molar-refractivity contribution in [2.45, 2.75) is 63.6 Å². The lowest BCUT2D eigenvalue weighted by Gasteiger charge is -2.28. The third-order valence-electron chi connectivity index (χ3n) is 7.18. The van der Waals surface area contributed by atoms with Crippen molar-refractivity contribution >= 4 is 25.1 Å². The van der Waals surface area contributed by atoms with Gasteiger partial charge in [-0.05, 0) is 37.1 Å². The van der Waals surface area contributed by atoms with Gasteiger partial charge in [0.25, 0.3) is 0 Å². The van der Waals surface area contributed by atoms with Crippen molar-refractivity contribution in [2.24, 2.45) is 5.92 Å². The summed E-state index contributed by atoms with van der Waals surface area (Å²) in [7, 11) is -4.41. The van der Waals surface area contributed by atoms with E-state index in [1.54, 1.807) is 30.3 Å². The van der Waals surface area contributed by atoms with E-state index < -0.39 is 50.3 Å². The van der Waals surface area contributed by atoms with Gasteiger partial charge in [-0.2, -0.15) is 15.4 Å². The minimum atomic E-state index is -4.41. The second kappa shape index (κ2) is 13.2. The highest BCUT2D eigenvalue weighted by Gasteiger charge is 2.57. The number of hydrogen-bond acceptors (Lipinski definition) is 12. The zero-order chi connectivity index (χ0) is 30.5. The minimum absolute atomic E-state index is 0.152. The van der Waals surface area contributed by atoms with E-state index in [2.05, 4.69) is 15.2 Å². The van der Waals surface area contributed by atoms with Crippen molar-refractivity contribution in [3.05, 3.63) is 54.5 Å². The molecule has 0 bridgehead atoms. The number of nitrogen functional groups attached to an aromatic ring is 1. The monoisotopic (exact) mass is 602 g/mol. The molecule has 5 N–H and O–H groups in total. The zero-order valence-electron chi connectivity index (χ0n) is 23.5. The Kier molecular flexibility index (Phi) is 9.83. The Labute approximate surface area is 242 Å². The molecule has 0 spiro atoms. The fraction of sp³-hybridized carbons (Fsp3) is 0.481. The molecule has 15 heteroatoms. The Morgan fingerprint density at radius 2 is 1.98 bits per heavy atom. The number of carbonyl (C=O) groups is 1. The lowest BCUT2D eigenvalue weighted by Crippen LogP contribution is -2.46. The molecule has 1 saturated heterocycles. The van der Waals surface area contributed by atoms with Gasteiger partial charge in [-0.1, -0.05) is 44.9 Å². The van der Waals surface area contributed by atoms with Gasteiger partial charge in [-0.3, -0.25) is 9.32 Å². The highest BCUT2D eigenvalue weighted by molar-refractivity contribution is 7.52. The smallest absolute Gasteiger partial charge is 0.459 e. The molecule has 42 heavy (non-hydrogen) atoms. The SMILES string of the molecule is CCC(CC)COC(=O)[C@H](C)NP(=O)(OC[C@@]1(C#N)O[C@@H](c2ccc3c(N)ncnn23)[C@H](O)[C@@H]1O)Oc1ccccc1. The molecule has 1 aliphatic rings. The molecule has 6 atom stereocenters. The van der Waals surface area contributed by atoms with Crippen LogP contribution in [0.3, 0.4) is 0 Å². The fourth-order valence-electron chi connectivity index (χ4n) is 4.51. The topological polar surface area (TPSA) is 204 Å². The molecule has 3 heterocycles. The number of aliphatic hydroxyl groups excluding tert-OH is 2. The molecule has 2 aromatic heterocycles. The van der Waals surface area contributed by atoms with Crippen LogP contribution in [0.4, 0.5) is 5.82 Å². The number of carbonyl (C=O) groups excluding carboxylic acids is 1. The molecule has 0 aliphatic carbocycles. The summed E-state index contributed by atoms with van der Waals surface area (Å²) in [5, 5.41) is 38.6. The maximum Gasteiger partial charge on any atom is 0.459 e. The summed E-state index contributed by atoms with van der Waals surface area (Å²) in [5.74, 6) is -0.163. The van der Waals surface area contributed by atoms with E-state index in [-0.39, 0.29) is 24.1 Å². The normalized spacial score (nSPS) is 24.3. The highest BCUT2D eigenvalue weighted by atomic mass is 31.2. The molecule has 1 unspecified atom stereocenters. The molecule has 14 nitrogen and oxygen atoms in total. The summed E-state index contributed by atoms with van der Waals surface area (Å²) in [6, 6.07) is 12.0. The van der Waals surface area contributed by atoms with Crippen molar-refractivity contribution in [3.63, 3.8) is 0 Å². The largest absolute Gasteiger partial charge is 0.464 e. The molecule has 0 amide bonds. The first-order valence-corrected chi connectivity index (χ1v) is 15.1. The van der Waals surface area contributed by atoms with E-state index in [0.29, 0.717) is 11.2 Å². The van der Waals surface area contributed by atoms with Crippen LogP contribution in [0.1, 0.15) is 45.4 Å². The van der Waals surface area contributed by atoms with Gasteiger partial charge in [-0.25, -0.2) is 14.1 Å². The van der Waals surface area contributed by atoms with Crippen molar-refractivity contribution in [1.29, 1.82) is 5.26 Å². The molecular weight excluding hydrogens is 567 g/mol. The summed E-state index contributed by atoms with van der Waals surface area (Å²) in [6.45, 7) is 4.82. The Bertz CT molecular complexity index is 1460. The lowest BCUT2D eigenvalue weighted by atomic mass is 9.96. The number of nitrogens with two attached hydrogens (primary N) is 1. The number of nitrogens with one attached hydrogen (secondary N) is 1. The molecular formula is C27H35N6O8P. The first-order chi connectivity index (χ1) is 20.1. The number of benzene rings is 1. The summed E-state index contributed by atoms with van der Waals surface area (Å²) in [4.78, 5) is 16.6. The van der Waals surface area contributed by atoms with Gasteiger partial charge in [-0.15, -0.1) is 0 Å². The van der Waals surface area contributed by atoms with E-state index in [4.69, 9.17) is 24.3 Å². The first kappa shape index (κ1) is 31.4. The average Bonchev–Trinajstić information content (AvgIpc) is 3.52. The first-order valence-electron chi connectivity index (χ1n) is 13.5. The predicted molar refractivity (Wildman–Crippen MR) is 150 cm³/mol. The maximum atomic E-state index is 14.0. The number of hydrogen-bond donors (Lipinski definition) is 4. The number of para-hydroxylation sites is 1. The Morgan fingerprint density at radius 3 is 2.64 bits per heavy atom. The summed E-state index contributed by atoms with van der Waals surface area (Å²) >= 11 is 0. The number of aliphatic hydroxyl groups is 2. The van der Waals surface area contributed by atoms with Gasteiger partial charge >= 0.3 is 13.7 Å². The summed E-state index contributed by atoms with van der Waals surface area (Å²) in [6.07, 6.45) is -1.75. The quantitative estimate of drug-likeness (QED) is 0.164. The predicted octanol–water partition coefficient (Wildman–Crippen LogP) is 2.53. The lowest BCUT2D eigenvalue weighted by molar-refractivity contribution is -0.146. The standard InChI is InChI=1S/C27H35N6O8P/c1-4-18(5-2)13-38-26(36)17(3)32-42(37,41-19-9-7-6-8-10-19)39-15-27(14-28)24(35)22(34)23(40-27)20-11-12-21-25(29)30-16-31-33(20)21/h6-12,16-18,22-24,34-35H,4-5,13,15H2,1-3H3,(H,32,37)(H2,29,30,31)/t17-,22-,23-,24-,27+,42?/m0/s1. The zero-order valence-corrected chi connectivity index (χ0v) is 24.4.